The van der Waals surface area contributed by atoms with Gasteiger partial charge in [0.2, 0.25) is 11.8 Å². The highest BCUT2D eigenvalue weighted by molar-refractivity contribution is 5.97. The standard InChI is InChI=1S/C23H39N5O3/c1-6-19(29)16(14(2)24)12-25-21(30)18-8-7-11-27(18)22(31)20(23(3,4)5)28-13-17(26-28)15-9-10-15/h15,17-18,20,26H,6-13,24H2,1-5H3,(H,25,30)/t17?,18-,20+/m0/s1. The first-order valence-corrected chi connectivity index (χ1v) is 11.6. The second kappa shape index (κ2) is 9.28. The van der Waals surface area contributed by atoms with Crippen LogP contribution in [0.15, 0.2) is 11.3 Å². The Labute approximate surface area is 185 Å². The Bertz CT molecular complexity index is 743. The van der Waals surface area contributed by atoms with Gasteiger partial charge in [0.1, 0.15) is 12.1 Å². The Morgan fingerprint density at radius 3 is 2.35 bits per heavy atom. The van der Waals surface area contributed by atoms with E-state index in [9.17, 15) is 14.4 Å². The average Bonchev–Trinajstić information content (AvgIpc) is 3.36. The van der Waals surface area contributed by atoms with Crippen molar-refractivity contribution in [1.29, 1.82) is 0 Å². The van der Waals surface area contributed by atoms with Crippen LogP contribution in [-0.4, -0.2) is 65.3 Å². The van der Waals surface area contributed by atoms with Crippen LogP contribution in [0.2, 0.25) is 0 Å². The number of nitrogens with one attached hydrogen (secondary N) is 2. The number of hydrogen-bond donors (Lipinski definition) is 3. The smallest absolute Gasteiger partial charge is 0.243 e. The second-order valence-corrected chi connectivity index (χ2v) is 10.3. The zero-order valence-electron chi connectivity index (χ0n) is 19.7. The molecule has 0 spiro atoms. The van der Waals surface area contributed by atoms with Gasteiger partial charge in [0.15, 0.2) is 5.78 Å². The Morgan fingerprint density at radius 1 is 1.19 bits per heavy atom. The van der Waals surface area contributed by atoms with E-state index in [1.54, 1.807) is 18.7 Å². The number of carbonyl (C=O) groups excluding carboxylic acids is 3. The summed E-state index contributed by atoms with van der Waals surface area (Å²) in [4.78, 5) is 40.4. The van der Waals surface area contributed by atoms with Crippen LogP contribution in [0.4, 0.5) is 0 Å². The molecule has 0 aromatic carbocycles. The van der Waals surface area contributed by atoms with E-state index in [1.165, 1.54) is 12.8 Å². The maximum Gasteiger partial charge on any atom is 0.243 e. The summed E-state index contributed by atoms with van der Waals surface area (Å²) in [6.07, 6.45) is 4.31. The number of nitrogens with two attached hydrogens (primary N) is 1. The molecule has 2 heterocycles. The minimum atomic E-state index is -0.506. The molecule has 174 valence electrons. The lowest BCUT2D eigenvalue weighted by molar-refractivity contribution is -0.153. The van der Waals surface area contributed by atoms with E-state index in [0.717, 1.165) is 18.9 Å². The van der Waals surface area contributed by atoms with Crippen LogP contribution in [0.25, 0.3) is 0 Å². The fraction of sp³-hybridized carbons (Fsp3) is 0.783. The molecule has 1 aliphatic carbocycles. The van der Waals surface area contributed by atoms with Crippen molar-refractivity contribution in [2.75, 3.05) is 19.6 Å². The highest BCUT2D eigenvalue weighted by Crippen LogP contribution is 2.38. The van der Waals surface area contributed by atoms with Gasteiger partial charge in [-0.2, -0.15) is 0 Å². The van der Waals surface area contributed by atoms with Gasteiger partial charge in [-0.15, -0.1) is 0 Å². The third kappa shape index (κ3) is 5.29. The molecule has 1 unspecified atom stereocenters. The Morgan fingerprint density at radius 2 is 1.84 bits per heavy atom. The van der Waals surface area contributed by atoms with Gasteiger partial charge >= 0.3 is 0 Å². The fourth-order valence-corrected chi connectivity index (χ4v) is 4.74. The Kier molecular flexibility index (Phi) is 7.11. The Balaban J connectivity index is 1.66. The summed E-state index contributed by atoms with van der Waals surface area (Å²) in [5.74, 6) is 0.466. The van der Waals surface area contributed by atoms with Crippen LogP contribution < -0.4 is 16.5 Å². The summed E-state index contributed by atoms with van der Waals surface area (Å²) in [6, 6.07) is -0.343. The third-order valence-electron chi connectivity index (χ3n) is 6.69. The number of hydrogen-bond acceptors (Lipinski definition) is 6. The maximum absolute atomic E-state index is 13.6. The van der Waals surface area contributed by atoms with Crippen molar-refractivity contribution in [1.82, 2.24) is 20.7 Å². The van der Waals surface area contributed by atoms with Crippen molar-refractivity contribution in [3.05, 3.63) is 11.3 Å². The van der Waals surface area contributed by atoms with E-state index in [1.807, 2.05) is 0 Å². The molecule has 0 aromatic rings. The minimum absolute atomic E-state index is 0.00213. The minimum Gasteiger partial charge on any atom is -0.402 e. The first kappa shape index (κ1) is 23.7. The third-order valence-corrected chi connectivity index (χ3v) is 6.69. The lowest BCUT2D eigenvalue weighted by Gasteiger charge is -2.50. The molecule has 4 N–H and O–H groups in total. The number of carbonyl (C=O) groups is 3. The number of allylic oxidation sites excluding steroid dienone is 1. The molecule has 1 saturated carbocycles. The van der Waals surface area contributed by atoms with E-state index < -0.39 is 6.04 Å². The molecular weight excluding hydrogens is 394 g/mol. The highest BCUT2D eigenvalue weighted by Gasteiger charge is 2.49. The van der Waals surface area contributed by atoms with Crippen molar-refractivity contribution in [2.24, 2.45) is 17.1 Å². The monoisotopic (exact) mass is 433 g/mol. The van der Waals surface area contributed by atoms with Gasteiger partial charge in [0.25, 0.3) is 0 Å². The number of hydrazine groups is 1. The number of Topliss-reactive ketones (excluding diaryl/α,β-unsaturated/α-hetero) is 1. The molecule has 3 fully saturated rings. The summed E-state index contributed by atoms with van der Waals surface area (Å²) < 4.78 is 0. The van der Waals surface area contributed by atoms with Crippen molar-refractivity contribution in [3.63, 3.8) is 0 Å². The molecule has 0 bridgehead atoms. The summed E-state index contributed by atoms with van der Waals surface area (Å²) in [6.45, 7) is 11.2. The van der Waals surface area contributed by atoms with Gasteiger partial charge in [-0.05, 0) is 43.9 Å². The number of ketones is 1. The number of likely N-dealkylation sites (tertiary alicyclic amines) is 1. The maximum atomic E-state index is 13.6. The van der Waals surface area contributed by atoms with Gasteiger partial charge < -0.3 is 16.0 Å². The van der Waals surface area contributed by atoms with Crippen molar-refractivity contribution < 1.29 is 14.4 Å². The predicted molar refractivity (Wildman–Crippen MR) is 120 cm³/mol. The summed E-state index contributed by atoms with van der Waals surface area (Å²) in [5, 5.41) is 4.92. The van der Waals surface area contributed by atoms with Crippen molar-refractivity contribution in [3.8, 4) is 0 Å². The SMILES string of the molecule is CCC(=O)C(CNC(=O)[C@@H]1CCCN1C(=O)[C@@H](N1CC(C2CC2)N1)C(C)(C)C)=C(C)N. The molecule has 2 aliphatic heterocycles. The van der Waals surface area contributed by atoms with Crippen molar-refractivity contribution in [2.45, 2.75) is 84.8 Å². The van der Waals surface area contributed by atoms with Crippen LogP contribution in [0.5, 0.6) is 0 Å². The lowest BCUT2D eigenvalue weighted by Crippen LogP contribution is -2.71. The molecule has 8 nitrogen and oxygen atoms in total. The zero-order valence-corrected chi connectivity index (χ0v) is 19.7. The number of nitrogens with zero attached hydrogens (tertiary/aromatic N) is 2. The molecule has 3 atom stereocenters. The van der Waals surface area contributed by atoms with Gasteiger partial charge in [0.05, 0.1) is 0 Å². The van der Waals surface area contributed by atoms with Crippen molar-refractivity contribution >= 4 is 17.6 Å². The van der Waals surface area contributed by atoms with E-state index in [4.69, 9.17) is 5.73 Å². The molecule has 0 radical (unpaired) electrons. The van der Waals surface area contributed by atoms with Gasteiger partial charge in [-0.3, -0.25) is 14.4 Å². The summed E-state index contributed by atoms with van der Waals surface area (Å²) >= 11 is 0. The first-order chi connectivity index (χ1) is 14.5. The van der Waals surface area contributed by atoms with Gasteiger partial charge in [0, 0.05) is 43.4 Å². The molecule has 2 amide bonds. The zero-order chi connectivity index (χ0) is 22.9. The van der Waals surface area contributed by atoms with Crippen LogP contribution in [-0.2, 0) is 14.4 Å². The molecule has 3 rings (SSSR count). The largest absolute Gasteiger partial charge is 0.402 e. The molecule has 0 aromatic heterocycles. The van der Waals surface area contributed by atoms with E-state index in [0.29, 0.717) is 36.7 Å². The Hall–Kier alpha value is -1.93. The molecule has 2 saturated heterocycles. The summed E-state index contributed by atoms with van der Waals surface area (Å²) in [7, 11) is 0. The highest BCUT2D eigenvalue weighted by atomic mass is 16.2. The summed E-state index contributed by atoms with van der Waals surface area (Å²) in [5.41, 5.74) is 9.94. The van der Waals surface area contributed by atoms with Crippen LogP contribution in [0, 0.1) is 11.3 Å². The quantitative estimate of drug-likeness (QED) is 0.498. The molecule has 8 heteroatoms. The number of rotatable bonds is 8. The van der Waals surface area contributed by atoms with Crippen LogP contribution >= 0.6 is 0 Å². The molecular formula is C23H39N5O3. The van der Waals surface area contributed by atoms with Crippen LogP contribution in [0.3, 0.4) is 0 Å². The van der Waals surface area contributed by atoms with Crippen LogP contribution in [0.1, 0.15) is 66.7 Å². The predicted octanol–water partition coefficient (Wildman–Crippen LogP) is 1.32. The normalized spacial score (nSPS) is 26.2. The molecule has 3 aliphatic rings. The van der Waals surface area contributed by atoms with Gasteiger partial charge in [-0.25, -0.2) is 10.4 Å². The number of amides is 2. The van der Waals surface area contributed by atoms with E-state index in [-0.39, 0.29) is 35.6 Å². The van der Waals surface area contributed by atoms with E-state index >= 15 is 0 Å². The fourth-order valence-electron chi connectivity index (χ4n) is 4.74. The first-order valence-electron chi connectivity index (χ1n) is 11.6. The topological polar surface area (TPSA) is 108 Å². The van der Waals surface area contributed by atoms with E-state index in [2.05, 4.69) is 36.5 Å². The average molecular weight is 434 g/mol. The van der Waals surface area contributed by atoms with Gasteiger partial charge in [-0.1, -0.05) is 27.7 Å². The molecule has 31 heavy (non-hydrogen) atoms. The second-order valence-electron chi connectivity index (χ2n) is 10.3. The lowest BCUT2D eigenvalue weighted by atomic mass is 9.84.